The summed E-state index contributed by atoms with van der Waals surface area (Å²) in [6, 6.07) is 0. The fraction of sp³-hybridized carbons (Fsp3) is 0.909. The van der Waals surface area contributed by atoms with Crippen LogP contribution in [0, 0.1) is 0 Å². The molecule has 86 valence electrons. The molecule has 2 rings (SSSR count). The standard InChI is InChI=1S/C11H20N2O2/c1-2-11(4-3-5-11)13-10(14)9-8-12-6-7-15-9/h9,12H,2-8H2,1H3,(H,13,14)/t9-/m0/s1. The third kappa shape index (κ3) is 2.32. The molecule has 15 heavy (non-hydrogen) atoms. The molecule has 2 N–H and O–H groups in total. The smallest absolute Gasteiger partial charge is 0.250 e. The van der Waals surface area contributed by atoms with Gasteiger partial charge in [-0.2, -0.15) is 0 Å². The Kier molecular flexibility index (Phi) is 3.26. The Bertz CT molecular complexity index is 227. The van der Waals surface area contributed by atoms with Gasteiger partial charge in [0, 0.05) is 18.6 Å². The minimum atomic E-state index is -0.289. The van der Waals surface area contributed by atoms with Gasteiger partial charge in [0.15, 0.2) is 0 Å². The van der Waals surface area contributed by atoms with Crippen LogP contribution in [0.3, 0.4) is 0 Å². The fourth-order valence-corrected chi connectivity index (χ4v) is 2.25. The summed E-state index contributed by atoms with van der Waals surface area (Å²) in [6.07, 6.45) is 4.21. The van der Waals surface area contributed by atoms with Crippen LogP contribution in [0.2, 0.25) is 0 Å². The first-order valence-corrected chi connectivity index (χ1v) is 5.90. The summed E-state index contributed by atoms with van der Waals surface area (Å²) >= 11 is 0. The first-order valence-electron chi connectivity index (χ1n) is 5.90. The van der Waals surface area contributed by atoms with Gasteiger partial charge in [0.05, 0.1) is 6.61 Å². The Labute approximate surface area is 90.8 Å². The van der Waals surface area contributed by atoms with Crippen molar-refractivity contribution in [3.8, 4) is 0 Å². The van der Waals surface area contributed by atoms with Crippen molar-refractivity contribution >= 4 is 5.91 Å². The molecule has 1 amide bonds. The van der Waals surface area contributed by atoms with Crippen molar-refractivity contribution in [2.45, 2.75) is 44.2 Å². The van der Waals surface area contributed by atoms with Gasteiger partial charge in [0.2, 0.25) is 0 Å². The van der Waals surface area contributed by atoms with Crippen molar-refractivity contribution in [1.29, 1.82) is 0 Å². The molecule has 0 radical (unpaired) electrons. The molecule has 2 fully saturated rings. The van der Waals surface area contributed by atoms with E-state index in [4.69, 9.17) is 4.74 Å². The number of hydrogen-bond acceptors (Lipinski definition) is 3. The fourth-order valence-electron chi connectivity index (χ4n) is 2.25. The molecular formula is C11H20N2O2. The number of hydrogen-bond donors (Lipinski definition) is 2. The molecule has 4 nitrogen and oxygen atoms in total. The summed E-state index contributed by atoms with van der Waals surface area (Å²) in [4.78, 5) is 11.9. The average Bonchev–Trinajstić information content (AvgIpc) is 2.24. The predicted octanol–water partition coefficient (Wildman–Crippen LogP) is 0.424. The van der Waals surface area contributed by atoms with Crippen LogP contribution in [-0.4, -0.2) is 37.2 Å². The summed E-state index contributed by atoms with van der Waals surface area (Å²) < 4.78 is 5.42. The van der Waals surface area contributed by atoms with E-state index in [1.807, 2.05) is 0 Å². The zero-order chi connectivity index (χ0) is 10.7. The zero-order valence-electron chi connectivity index (χ0n) is 9.34. The number of morpholine rings is 1. The Morgan fingerprint density at radius 3 is 2.87 bits per heavy atom. The highest BCUT2D eigenvalue weighted by Crippen LogP contribution is 2.34. The van der Waals surface area contributed by atoms with E-state index in [9.17, 15) is 4.79 Å². The molecule has 1 saturated heterocycles. The van der Waals surface area contributed by atoms with E-state index in [-0.39, 0.29) is 17.6 Å². The molecule has 1 saturated carbocycles. The summed E-state index contributed by atoms with van der Waals surface area (Å²) in [5.74, 6) is 0.0590. The molecule has 0 aromatic rings. The normalized spacial score (nSPS) is 29.3. The average molecular weight is 212 g/mol. The molecule has 0 aromatic heterocycles. The highest BCUT2D eigenvalue weighted by atomic mass is 16.5. The van der Waals surface area contributed by atoms with Gasteiger partial charge in [-0.25, -0.2) is 0 Å². The van der Waals surface area contributed by atoms with Crippen LogP contribution in [0.1, 0.15) is 32.6 Å². The molecule has 0 bridgehead atoms. The number of rotatable bonds is 3. The molecule has 2 aliphatic rings. The van der Waals surface area contributed by atoms with E-state index in [2.05, 4.69) is 17.6 Å². The van der Waals surface area contributed by atoms with E-state index in [0.717, 1.165) is 25.8 Å². The van der Waals surface area contributed by atoms with Gasteiger partial charge in [0.25, 0.3) is 5.91 Å². The first-order chi connectivity index (χ1) is 7.26. The summed E-state index contributed by atoms with van der Waals surface area (Å²) in [5.41, 5.74) is 0.0812. The lowest BCUT2D eigenvalue weighted by Crippen LogP contribution is -2.58. The lowest BCUT2D eigenvalue weighted by Gasteiger charge is -2.43. The SMILES string of the molecule is CCC1(NC(=O)[C@@H]2CNCCO2)CCC1. The molecular weight excluding hydrogens is 192 g/mol. The number of carbonyl (C=O) groups is 1. The maximum absolute atomic E-state index is 11.9. The molecule has 4 heteroatoms. The lowest BCUT2D eigenvalue weighted by molar-refractivity contribution is -0.137. The van der Waals surface area contributed by atoms with Gasteiger partial charge >= 0.3 is 0 Å². The third-order valence-electron chi connectivity index (χ3n) is 3.60. The molecule has 0 aromatic carbocycles. The van der Waals surface area contributed by atoms with Crippen LogP contribution in [-0.2, 0) is 9.53 Å². The van der Waals surface area contributed by atoms with Crippen molar-refractivity contribution < 1.29 is 9.53 Å². The van der Waals surface area contributed by atoms with Crippen LogP contribution in [0.25, 0.3) is 0 Å². The number of ether oxygens (including phenoxy) is 1. The van der Waals surface area contributed by atoms with E-state index < -0.39 is 0 Å². The van der Waals surface area contributed by atoms with Crippen LogP contribution in [0.4, 0.5) is 0 Å². The molecule has 1 aliphatic carbocycles. The Morgan fingerprint density at radius 2 is 2.40 bits per heavy atom. The lowest BCUT2D eigenvalue weighted by atomic mass is 9.74. The molecule has 0 unspecified atom stereocenters. The topological polar surface area (TPSA) is 50.4 Å². The quantitative estimate of drug-likeness (QED) is 0.713. The first kappa shape index (κ1) is 10.9. The molecule has 1 aliphatic heterocycles. The Hall–Kier alpha value is -0.610. The maximum atomic E-state index is 11.9. The molecule has 1 atom stereocenters. The second kappa shape index (κ2) is 4.49. The maximum Gasteiger partial charge on any atom is 0.250 e. The monoisotopic (exact) mass is 212 g/mol. The minimum absolute atomic E-state index is 0.0590. The molecule has 1 heterocycles. The second-order valence-electron chi connectivity index (χ2n) is 4.54. The van der Waals surface area contributed by atoms with E-state index in [1.54, 1.807) is 0 Å². The van der Waals surface area contributed by atoms with Gasteiger partial charge in [-0.3, -0.25) is 4.79 Å². The predicted molar refractivity (Wildman–Crippen MR) is 57.6 cm³/mol. The summed E-state index contributed by atoms with van der Waals surface area (Å²) in [7, 11) is 0. The highest BCUT2D eigenvalue weighted by Gasteiger charge is 2.38. The number of amides is 1. The minimum Gasteiger partial charge on any atom is -0.366 e. The van der Waals surface area contributed by atoms with E-state index in [1.165, 1.54) is 6.42 Å². The van der Waals surface area contributed by atoms with Crippen LogP contribution >= 0.6 is 0 Å². The van der Waals surface area contributed by atoms with Crippen LogP contribution < -0.4 is 10.6 Å². The van der Waals surface area contributed by atoms with Crippen molar-refractivity contribution in [1.82, 2.24) is 10.6 Å². The second-order valence-corrected chi connectivity index (χ2v) is 4.54. The molecule has 0 spiro atoms. The van der Waals surface area contributed by atoms with Gasteiger partial charge in [-0.15, -0.1) is 0 Å². The van der Waals surface area contributed by atoms with Gasteiger partial charge < -0.3 is 15.4 Å². The van der Waals surface area contributed by atoms with Crippen molar-refractivity contribution in [3.05, 3.63) is 0 Å². The Morgan fingerprint density at radius 1 is 1.60 bits per heavy atom. The Balaban J connectivity index is 1.85. The van der Waals surface area contributed by atoms with Crippen molar-refractivity contribution in [3.63, 3.8) is 0 Å². The number of carbonyl (C=O) groups excluding carboxylic acids is 1. The summed E-state index contributed by atoms with van der Waals surface area (Å²) in [6.45, 7) is 4.27. The van der Waals surface area contributed by atoms with Gasteiger partial charge in [-0.1, -0.05) is 6.92 Å². The van der Waals surface area contributed by atoms with Gasteiger partial charge in [-0.05, 0) is 25.7 Å². The zero-order valence-corrected chi connectivity index (χ0v) is 9.34. The highest BCUT2D eigenvalue weighted by molar-refractivity contribution is 5.82. The summed E-state index contributed by atoms with van der Waals surface area (Å²) in [5, 5.41) is 6.32. The number of nitrogens with one attached hydrogen (secondary N) is 2. The van der Waals surface area contributed by atoms with E-state index in [0.29, 0.717) is 13.2 Å². The van der Waals surface area contributed by atoms with Crippen LogP contribution in [0.15, 0.2) is 0 Å². The van der Waals surface area contributed by atoms with Crippen molar-refractivity contribution in [2.24, 2.45) is 0 Å². The van der Waals surface area contributed by atoms with Crippen molar-refractivity contribution in [2.75, 3.05) is 19.7 Å². The van der Waals surface area contributed by atoms with Gasteiger partial charge in [0.1, 0.15) is 6.10 Å². The third-order valence-corrected chi connectivity index (χ3v) is 3.60. The largest absolute Gasteiger partial charge is 0.366 e. The van der Waals surface area contributed by atoms with E-state index >= 15 is 0 Å². The van der Waals surface area contributed by atoms with Crippen LogP contribution in [0.5, 0.6) is 0 Å².